The number of allylic oxidation sites excluding steroid dienone is 1. The molecule has 0 unspecified atom stereocenters. The van der Waals surface area contributed by atoms with Gasteiger partial charge in [-0.3, -0.25) is 4.79 Å². The minimum atomic E-state index is -0.518. The highest BCUT2D eigenvalue weighted by molar-refractivity contribution is 5.92. The summed E-state index contributed by atoms with van der Waals surface area (Å²) in [7, 11) is 0. The lowest BCUT2D eigenvalue weighted by atomic mass is 9.93. The molecule has 1 saturated heterocycles. The van der Waals surface area contributed by atoms with Gasteiger partial charge in [-0.1, -0.05) is 12.1 Å². The number of carbonyl (C=O) groups excluding carboxylic acids is 1. The third-order valence-electron chi connectivity index (χ3n) is 4.82. The van der Waals surface area contributed by atoms with Gasteiger partial charge in [-0.2, -0.15) is 0 Å². The van der Waals surface area contributed by atoms with Crippen LogP contribution in [0, 0.1) is 5.82 Å². The number of amides is 1. The number of likely N-dealkylation sites (tertiary alicyclic amines) is 1. The van der Waals surface area contributed by atoms with E-state index in [1.807, 2.05) is 11.0 Å². The lowest BCUT2D eigenvalue weighted by Crippen LogP contribution is -2.35. The zero-order valence-electron chi connectivity index (χ0n) is 14.9. The summed E-state index contributed by atoms with van der Waals surface area (Å²) < 4.78 is 24.8. The summed E-state index contributed by atoms with van der Waals surface area (Å²) in [5, 5.41) is 8.88. The fourth-order valence-electron chi connectivity index (χ4n) is 3.36. The van der Waals surface area contributed by atoms with Crippen LogP contribution in [-0.4, -0.2) is 48.5 Å². The molecule has 2 atom stereocenters. The van der Waals surface area contributed by atoms with Gasteiger partial charge in [-0.25, -0.2) is 4.39 Å². The Kier molecular flexibility index (Phi) is 6.63. The maximum Gasteiger partial charge on any atom is 0.288 e. The van der Waals surface area contributed by atoms with Crippen LogP contribution in [0.15, 0.2) is 36.1 Å². The van der Waals surface area contributed by atoms with E-state index in [-0.39, 0.29) is 24.2 Å². The lowest BCUT2D eigenvalue weighted by Gasteiger charge is -2.30. The number of carbonyl (C=O) groups is 1. The number of benzene rings is 1. The molecular weight excluding hydrogens is 337 g/mol. The second kappa shape index (κ2) is 9.14. The first-order valence-electron chi connectivity index (χ1n) is 9.33. The largest absolute Gasteiger partial charge is 0.459 e. The van der Waals surface area contributed by atoms with Crippen LogP contribution in [-0.2, 0) is 14.3 Å². The molecule has 5 nitrogen and oxygen atoms in total. The van der Waals surface area contributed by atoms with Crippen LogP contribution in [0.1, 0.15) is 43.6 Å². The van der Waals surface area contributed by atoms with Crippen molar-refractivity contribution in [3.05, 3.63) is 47.5 Å². The summed E-state index contributed by atoms with van der Waals surface area (Å²) in [4.78, 5) is 14.5. The monoisotopic (exact) mass is 363 g/mol. The predicted octanol–water partition coefficient (Wildman–Crippen LogP) is 2.95. The van der Waals surface area contributed by atoms with Crippen LogP contribution in [0.2, 0.25) is 0 Å². The van der Waals surface area contributed by atoms with Crippen molar-refractivity contribution in [2.75, 3.05) is 26.3 Å². The summed E-state index contributed by atoms with van der Waals surface area (Å²) in [6.45, 7) is 2.10. The van der Waals surface area contributed by atoms with E-state index in [4.69, 9.17) is 14.6 Å². The maximum absolute atomic E-state index is 13.2. The molecule has 3 rings (SSSR count). The SMILES string of the molecule is O=C(C1=C[C@@H](c2ccc(F)cc2)C[C@@H](OCCCCO)O1)N1CCCC1. The quantitative estimate of drug-likeness (QED) is 0.757. The van der Waals surface area contributed by atoms with E-state index in [1.165, 1.54) is 12.1 Å². The van der Waals surface area contributed by atoms with Crippen molar-refractivity contribution >= 4 is 5.91 Å². The molecule has 26 heavy (non-hydrogen) atoms. The average molecular weight is 363 g/mol. The standard InChI is InChI=1S/C20H26FNO4/c21-17-7-5-15(6-8-17)16-13-18(20(24)22-9-1-2-10-22)26-19(14-16)25-12-4-3-11-23/h5-8,13,16,19,23H,1-4,9-12,14H2/t16-,19+/m1/s1. The Labute approximate surface area is 153 Å². The Morgan fingerprint density at radius 3 is 2.65 bits per heavy atom. The molecular formula is C20H26FNO4. The Morgan fingerprint density at radius 1 is 1.23 bits per heavy atom. The van der Waals surface area contributed by atoms with Crippen LogP contribution in [0.25, 0.3) is 0 Å². The molecule has 1 amide bonds. The average Bonchev–Trinajstić information content (AvgIpc) is 3.20. The molecule has 0 saturated carbocycles. The summed E-state index contributed by atoms with van der Waals surface area (Å²) in [5.41, 5.74) is 0.936. The molecule has 1 fully saturated rings. The highest BCUT2D eigenvalue weighted by Crippen LogP contribution is 2.32. The van der Waals surface area contributed by atoms with Crippen LogP contribution in [0.4, 0.5) is 4.39 Å². The molecule has 2 aliphatic heterocycles. The van der Waals surface area contributed by atoms with Crippen molar-refractivity contribution in [2.24, 2.45) is 0 Å². The predicted molar refractivity (Wildman–Crippen MR) is 94.8 cm³/mol. The molecule has 0 aliphatic carbocycles. The molecule has 0 spiro atoms. The van der Waals surface area contributed by atoms with Gasteiger partial charge in [-0.05, 0) is 49.5 Å². The van der Waals surface area contributed by atoms with E-state index in [0.717, 1.165) is 37.9 Å². The topological polar surface area (TPSA) is 59.0 Å². The summed E-state index contributed by atoms with van der Waals surface area (Å²) in [6, 6.07) is 6.33. The van der Waals surface area contributed by atoms with Crippen molar-refractivity contribution < 1.29 is 23.8 Å². The van der Waals surface area contributed by atoms with Crippen molar-refractivity contribution in [1.29, 1.82) is 0 Å². The molecule has 1 N–H and O–H groups in total. The van der Waals surface area contributed by atoms with Crippen molar-refractivity contribution in [1.82, 2.24) is 4.90 Å². The lowest BCUT2D eigenvalue weighted by molar-refractivity contribution is -0.152. The smallest absolute Gasteiger partial charge is 0.288 e. The fraction of sp³-hybridized carbons (Fsp3) is 0.550. The molecule has 0 aromatic heterocycles. The highest BCUT2D eigenvalue weighted by Gasteiger charge is 2.31. The second-order valence-electron chi connectivity index (χ2n) is 6.77. The second-order valence-corrected chi connectivity index (χ2v) is 6.77. The number of aliphatic hydroxyl groups excluding tert-OH is 1. The van der Waals surface area contributed by atoms with Crippen molar-refractivity contribution in [2.45, 2.75) is 44.3 Å². The molecule has 0 bridgehead atoms. The summed E-state index contributed by atoms with van der Waals surface area (Å²) in [5.74, 6) is -0.124. The van der Waals surface area contributed by atoms with Gasteiger partial charge in [0, 0.05) is 32.0 Å². The van der Waals surface area contributed by atoms with Crippen molar-refractivity contribution in [3.63, 3.8) is 0 Å². The molecule has 2 aliphatic rings. The van der Waals surface area contributed by atoms with Gasteiger partial charge in [0.1, 0.15) is 5.82 Å². The number of halogens is 1. The van der Waals surface area contributed by atoms with E-state index in [9.17, 15) is 9.18 Å². The molecule has 0 radical (unpaired) electrons. The number of rotatable bonds is 7. The van der Waals surface area contributed by atoms with Crippen LogP contribution in [0.5, 0.6) is 0 Å². The molecule has 1 aromatic carbocycles. The van der Waals surface area contributed by atoms with Crippen LogP contribution in [0.3, 0.4) is 0 Å². The first-order chi connectivity index (χ1) is 12.7. The minimum Gasteiger partial charge on any atom is -0.459 e. The van der Waals surface area contributed by atoms with Crippen LogP contribution < -0.4 is 0 Å². The first-order valence-corrected chi connectivity index (χ1v) is 9.33. The maximum atomic E-state index is 13.2. The van der Waals surface area contributed by atoms with E-state index in [1.54, 1.807) is 12.1 Å². The third kappa shape index (κ3) is 4.83. The molecule has 2 heterocycles. The number of aliphatic hydroxyl groups is 1. The number of hydrogen-bond acceptors (Lipinski definition) is 4. The number of ether oxygens (including phenoxy) is 2. The van der Waals surface area contributed by atoms with Gasteiger partial charge in [0.05, 0.1) is 6.61 Å². The van der Waals surface area contributed by atoms with Crippen molar-refractivity contribution in [3.8, 4) is 0 Å². The van der Waals surface area contributed by atoms with Gasteiger partial charge in [0.15, 0.2) is 5.76 Å². The highest BCUT2D eigenvalue weighted by atomic mass is 19.1. The van der Waals surface area contributed by atoms with Gasteiger partial charge in [0.25, 0.3) is 5.91 Å². The third-order valence-corrected chi connectivity index (χ3v) is 4.82. The number of unbranched alkanes of at least 4 members (excludes halogenated alkanes) is 1. The number of hydrogen-bond donors (Lipinski definition) is 1. The first kappa shape index (κ1) is 18.9. The van der Waals surface area contributed by atoms with E-state index < -0.39 is 6.29 Å². The van der Waals surface area contributed by atoms with E-state index in [0.29, 0.717) is 25.2 Å². The molecule has 142 valence electrons. The van der Waals surface area contributed by atoms with Gasteiger partial charge in [-0.15, -0.1) is 0 Å². The fourth-order valence-corrected chi connectivity index (χ4v) is 3.36. The normalized spacial score (nSPS) is 22.8. The molecule has 6 heteroatoms. The Hall–Kier alpha value is -1.92. The van der Waals surface area contributed by atoms with E-state index in [2.05, 4.69) is 0 Å². The summed E-state index contributed by atoms with van der Waals surface area (Å²) in [6.07, 6.45) is 5.32. The zero-order valence-corrected chi connectivity index (χ0v) is 14.9. The Bertz CT molecular complexity index is 625. The minimum absolute atomic E-state index is 0.0613. The summed E-state index contributed by atoms with van der Waals surface area (Å²) >= 11 is 0. The number of nitrogens with zero attached hydrogens (tertiary/aromatic N) is 1. The Morgan fingerprint density at radius 2 is 1.96 bits per heavy atom. The zero-order chi connectivity index (χ0) is 18.4. The van der Waals surface area contributed by atoms with E-state index >= 15 is 0 Å². The van der Waals surface area contributed by atoms with Gasteiger partial charge >= 0.3 is 0 Å². The van der Waals surface area contributed by atoms with Crippen LogP contribution >= 0.6 is 0 Å². The Balaban J connectivity index is 1.73. The van der Waals surface area contributed by atoms with Gasteiger partial charge in [0.2, 0.25) is 6.29 Å². The van der Waals surface area contributed by atoms with Gasteiger partial charge < -0.3 is 19.5 Å². The molecule has 1 aromatic rings.